The van der Waals surface area contributed by atoms with Gasteiger partial charge in [-0.05, 0) is 19.3 Å². The molecule has 1 aliphatic rings. The van der Waals surface area contributed by atoms with Gasteiger partial charge in [-0.25, -0.2) is 0 Å². The Labute approximate surface area is 102 Å². The molecule has 2 nitrogen and oxygen atoms in total. The van der Waals surface area contributed by atoms with Crippen molar-refractivity contribution >= 4 is 21.8 Å². The standard InChI is InChI=1S/C12H22BrNO/c1-2-3-4-5-8-12(15)14-9-6-7-11(14)10-13/h11H,2-10H2,1H3. The van der Waals surface area contributed by atoms with E-state index in [0.29, 0.717) is 11.9 Å². The fourth-order valence-electron chi connectivity index (χ4n) is 2.17. The molecule has 1 atom stereocenters. The summed E-state index contributed by atoms with van der Waals surface area (Å²) in [5, 5.41) is 0.938. The molecule has 15 heavy (non-hydrogen) atoms. The molecule has 1 heterocycles. The highest BCUT2D eigenvalue weighted by molar-refractivity contribution is 9.09. The number of rotatable bonds is 6. The molecule has 0 aliphatic carbocycles. The molecule has 0 radical (unpaired) electrons. The Balaban J connectivity index is 2.21. The van der Waals surface area contributed by atoms with Crippen LogP contribution in [0.5, 0.6) is 0 Å². The highest BCUT2D eigenvalue weighted by Gasteiger charge is 2.26. The van der Waals surface area contributed by atoms with Crippen molar-refractivity contribution in [3.63, 3.8) is 0 Å². The van der Waals surface area contributed by atoms with Gasteiger partial charge in [0.25, 0.3) is 0 Å². The van der Waals surface area contributed by atoms with Crippen molar-refractivity contribution in [3.05, 3.63) is 0 Å². The van der Waals surface area contributed by atoms with Gasteiger partial charge >= 0.3 is 0 Å². The van der Waals surface area contributed by atoms with Crippen LogP contribution in [0, 0.1) is 0 Å². The third kappa shape index (κ3) is 4.13. The van der Waals surface area contributed by atoms with Gasteiger partial charge in [-0.15, -0.1) is 0 Å². The summed E-state index contributed by atoms with van der Waals surface area (Å²) in [7, 11) is 0. The minimum absolute atomic E-state index is 0.369. The molecule has 0 spiro atoms. The molecule has 0 aromatic carbocycles. The fraction of sp³-hybridized carbons (Fsp3) is 0.917. The second-order valence-electron chi connectivity index (χ2n) is 4.35. The summed E-state index contributed by atoms with van der Waals surface area (Å²) in [4.78, 5) is 14.0. The molecule has 0 aromatic rings. The SMILES string of the molecule is CCCCCCC(=O)N1CCCC1CBr. The maximum absolute atomic E-state index is 11.9. The van der Waals surface area contributed by atoms with Crippen LogP contribution < -0.4 is 0 Å². The topological polar surface area (TPSA) is 20.3 Å². The first-order valence-corrected chi connectivity index (χ1v) is 7.27. The third-order valence-corrected chi connectivity index (χ3v) is 3.87. The first-order chi connectivity index (χ1) is 7.29. The molecular weight excluding hydrogens is 254 g/mol. The number of likely N-dealkylation sites (tertiary alicyclic amines) is 1. The Hall–Kier alpha value is -0.0500. The minimum Gasteiger partial charge on any atom is -0.339 e. The molecule has 0 bridgehead atoms. The molecule has 1 aliphatic heterocycles. The van der Waals surface area contributed by atoms with Crippen LogP contribution in [-0.2, 0) is 4.79 Å². The number of carbonyl (C=O) groups excluding carboxylic acids is 1. The van der Waals surface area contributed by atoms with Crippen molar-refractivity contribution < 1.29 is 4.79 Å². The number of unbranched alkanes of at least 4 members (excludes halogenated alkanes) is 3. The largest absolute Gasteiger partial charge is 0.339 e. The molecule has 88 valence electrons. The van der Waals surface area contributed by atoms with E-state index in [1.54, 1.807) is 0 Å². The fourth-order valence-corrected chi connectivity index (χ4v) is 2.84. The van der Waals surface area contributed by atoms with Gasteiger partial charge in [-0.2, -0.15) is 0 Å². The van der Waals surface area contributed by atoms with Crippen LogP contribution in [0.4, 0.5) is 0 Å². The Morgan fingerprint density at radius 2 is 2.20 bits per heavy atom. The van der Waals surface area contributed by atoms with Gasteiger partial charge in [0.2, 0.25) is 5.91 Å². The molecular formula is C12H22BrNO. The maximum Gasteiger partial charge on any atom is 0.222 e. The number of hydrogen-bond acceptors (Lipinski definition) is 1. The van der Waals surface area contributed by atoms with Crippen LogP contribution in [0.2, 0.25) is 0 Å². The van der Waals surface area contributed by atoms with Crippen molar-refractivity contribution in [3.8, 4) is 0 Å². The minimum atomic E-state index is 0.369. The van der Waals surface area contributed by atoms with Crippen LogP contribution in [-0.4, -0.2) is 28.7 Å². The van der Waals surface area contributed by atoms with Gasteiger partial charge in [-0.1, -0.05) is 42.1 Å². The van der Waals surface area contributed by atoms with Crippen molar-refractivity contribution in [1.29, 1.82) is 0 Å². The number of amides is 1. The van der Waals surface area contributed by atoms with Gasteiger partial charge in [0.1, 0.15) is 0 Å². The smallest absolute Gasteiger partial charge is 0.222 e. The predicted molar refractivity (Wildman–Crippen MR) is 67.3 cm³/mol. The van der Waals surface area contributed by atoms with E-state index < -0.39 is 0 Å². The van der Waals surface area contributed by atoms with E-state index in [-0.39, 0.29) is 0 Å². The van der Waals surface area contributed by atoms with Gasteiger partial charge < -0.3 is 4.90 Å². The monoisotopic (exact) mass is 275 g/mol. The van der Waals surface area contributed by atoms with Crippen molar-refractivity contribution in [1.82, 2.24) is 4.90 Å². The predicted octanol–water partition coefficient (Wildman–Crippen LogP) is 3.34. The summed E-state index contributed by atoms with van der Waals surface area (Å²) >= 11 is 3.48. The second-order valence-corrected chi connectivity index (χ2v) is 5.00. The lowest BCUT2D eigenvalue weighted by Gasteiger charge is -2.23. The second kappa shape index (κ2) is 7.26. The third-order valence-electron chi connectivity index (χ3n) is 3.12. The Bertz CT molecular complexity index is 196. The highest BCUT2D eigenvalue weighted by atomic mass is 79.9. The van der Waals surface area contributed by atoms with Crippen LogP contribution in [0.25, 0.3) is 0 Å². The maximum atomic E-state index is 11.9. The molecule has 1 unspecified atom stereocenters. The Morgan fingerprint density at radius 3 is 2.87 bits per heavy atom. The van der Waals surface area contributed by atoms with Gasteiger partial charge in [0, 0.05) is 24.3 Å². The lowest BCUT2D eigenvalue weighted by molar-refractivity contribution is -0.131. The van der Waals surface area contributed by atoms with Crippen molar-refractivity contribution in [2.45, 2.75) is 57.9 Å². The van der Waals surface area contributed by atoms with Crippen LogP contribution in [0.15, 0.2) is 0 Å². The number of alkyl halides is 1. The molecule has 0 aromatic heterocycles. The molecule has 3 heteroatoms. The quantitative estimate of drug-likeness (QED) is 0.538. The first-order valence-electron chi connectivity index (χ1n) is 6.15. The van der Waals surface area contributed by atoms with E-state index in [2.05, 4.69) is 27.8 Å². The molecule has 0 saturated carbocycles. The summed E-state index contributed by atoms with van der Waals surface area (Å²) in [6, 6.07) is 0.462. The van der Waals surface area contributed by atoms with E-state index >= 15 is 0 Å². The van der Waals surface area contributed by atoms with Crippen LogP contribution >= 0.6 is 15.9 Å². The summed E-state index contributed by atoms with van der Waals surface area (Å²) in [6.45, 7) is 3.17. The van der Waals surface area contributed by atoms with E-state index in [9.17, 15) is 4.79 Å². The van der Waals surface area contributed by atoms with Gasteiger partial charge in [-0.3, -0.25) is 4.79 Å². The summed E-state index contributed by atoms with van der Waals surface area (Å²) < 4.78 is 0. The van der Waals surface area contributed by atoms with E-state index in [1.165, 1.54) is 32.1 Å². The molecule has 0 N–H and O–H groups in total. The summed E-state index contributed by atoms with van der Waals surface area (Å²) in [6.07, 6.45) is 7.87. The molecule has 1 saturated heterocycles. The molecule has 1 rings (SSSR count). The number of nitrogens with zero attached hydrogens (tertiary/aromatic N) is 1. The summed E-state index contributed by atoms with van der Waals surface area (Å²) in [5.41, 5.74) is 0. The normalized spacial score (nSPS) is 20.9. The van der Waals surface area contributed by atoms with E-state index in [0.717, 1.165) is 24.7 Å². The lowest BCUT2D eigenvalue weighted by atomic mass is 10.1. The zero-order chi connectivity index (χ0) is 11.1. The lowest BCUT2D eigenvalue weighted by Crippen LogP contribution is -2.36. The average molecular weight is 276 g/mol. The number of hydrogen-bond donors (Lipinski definition) is 0. The molecule has 1 amide bonds. The number of carbonyl (C=O) groups is 1. The van der Waals surface area contributed by atoms with Gasteiger partial charge in [0.05, 0.1) is 0 Å². The Morgan fingerprint density at radius 1 is 1.40 bits per heavy atom. The van der Waals surface area contributed by atoms with E-state index in [4.69, 9.17) is 0 Å². The van der Waals surface area contributed by atoms with Crippen molar-refractivity contribution in [2.75, 3.05) is 11.9 Å². The molecule has 1 fully saturated rings. The van der Waals surface area contributed by atoms with Crippen LogP contribution in [0.3, 0.4) is 0 Å². The van der Waals surface area contributed by atoms with E-state index in [1.807, 2.05) is 0 Å². The Kier molecular flexibility index (Phi) is 6.30. The van der Waals surface area contributed by atoms with Crippen LogP contribution in [0.1, 0.15) is 51.9 Å². The zero-order valence-electron chi connectivity index (χ0n) is 9.67. The highest BCUT2D eigenvalue weighted by Crippen LogP contribution is 2.20. The number of halogens is 1. The average Bonchev–Trinajstić information content (AvgIpc) is 2.72. The zero-order valence-corrected chi connectivity index (χ0v) is 11.3. The first kappa shape index (κ1) is 13.0. The van der Waals surface area contributed by atoms with Crippen molar-refractivity contribution in [2.24, 2.45) is 0 Å². The summed E-state index contributed by atoms with van der Waals surface area (Å²) in [5.74, 6) is 0.369. The van der Waals surface area contributed by atoms with Gasteiger partial charge in [0.15, 0.2) is 0 Å².